The number of alkyl halides is 3. The molecule has 0 spiro atoms. The van der Waals surface area contributed by atoms with Gasteiger partial charge in [-0.3, -0.25) is 4.99 Å². The molecular weight excluding hydrogens is 498 g/mol. The number of aromatic nitrogens is 1. The van der Waals surface area contributed by atoms with Crippen LogP contribution in [0.3, 0.4) is 0 Å². The van der Waals surface area contributed by atoms with Gasteiger partial charge in [0.05, 0.1) is 12.1 Å². The van der Waals surface area contributed by atoms with Gasteiger partial charge >= 0.3 is 6.18 Å². The van der Waals surface area contributed by atoms with Crippen LogP contribution in [0.4, 0.5) is 13.2 Å². The van der Waals surface area contributed by atoms with E-state index in [0.717, 1.165) is 44.7 Å². The van der Waals surface area contributed by atoms with E-state index in [0.29, 0.717) is 12.5 Å². The summed E-state index contributed by atoms with van der Waals surface area (Å²) in [6.07, 6.45) is -1.49. The molecule has 1 unspecified atom stereocenters. The number of pyridine rings is 1. The van der Waals surface area contributed by atoms with Gasteiger partial charge < -0.3 is 20.3 Å². The summed E-state index contributed by atoms with van der Waals surface area (Å²) in [6.45, 7) is 10.4. The number of halogens is 4. The van der Waals surface area contributed by atoms with Crippen molar-refractivity contribution >= 4 is 29.9 Å². The van der Waals surface area contributed by atoms with Gasteiger partial charge in [0.15, 0.2) is 5.96 Å². The van der Waals surface area contributed by atoms with E-state index in [9.17, 15) is 13.2 Å². The molecule has 1 rings (SSSR count). The molecule has 1 heterocycles. The normalized spacial score (nSPS) is 13.0. The first kappa shape index (κ1) is 27.7. The lowest BCUT2D eigenvalue weighted by atomic mass is 10.2. The molecule has 1 atom stereocenters. The standard InChI is InChI=1S/C19H32F3N5O.HI/c1-5-27(6-2)12-7-8-15(3)26-18(23-4)24-11-13-28-17-10-9-16(14-25-17)19(20,21)22;/h9-10,14-15H,5-8,11-13H2,1-4H3,(H2,23,24,26);1H. The summed E-state index contributed by atoms with van der Waals surface area (Å²) in [5, 5.41) is 6.45. The Balaban J connectivity index is 0.00000784. The van der Waals surface area contributed by atoms with Crippen LogP contribution in [0.25, 0.3) is 0 Å². The zero-order chi connectivity index (χ0) is 21.0. The van der Waals surface area contributed by atoms with Gasteiger partial charge in [-0.2, -0.15) is 13.2 Å². The fraction of sp³-hybridized carbons (Fsp3) is 0.684. The number of hydrogen-bond donors (Lipinski definition) is 2. The highest BCUT2D eigenvalue weighted by Gasteiger charge is 2.30. The first-order valence-corrected chi connectivity index (χ1v) is 9.65. The number of aliphatic imine (C=N–C) groups is 1. The molecule has 10 heteroatoms. The molecule has 2 N–H and O–H groups in total. The van der Waals surface area contributed by atoms with Gasteiger partial charge in [-0.05, 0) is 45.5 Å². The molecule has 0 radical (unpaired) electrons. The Hall–Kier alpha value is -1.30. The van der Waals surface area contributed by atoms with Crippen LogP contribution in [0.1, 0.15) is 39.2 Å². The lowest BCUT2D eigenvalue weighted by Gasteiger charge is -2.21. The maximum absolute atomic E-state index is 12.5. The average Bonchev–Trinajstić information content (AvgIpc) is 2.67. The van der Waals surface area contributed by atoms with Crippen molar-refractivity contribution in [3.8, 4) is 5.88 Å². The summed E-state index contributed by atoms with van der Waals surface area (Å²) in [7, 11) is 1.69. The molecule has 0 fully saturated rings. The monoisotopic (exact) mass is 531 g/mol. The van der Waals surface area contributed by atoms with E-state index in [1.807, 2.05) is 0 Å². The zero-order valence-corrected chi connectivity index (χ0v) is 19.9. The number of hydrogen-bond acceptors (Lipinski definition) is 4. The number of nitrogens with one attached hydrogen (secondary N) is 2. The zero-order valence-electron chi connectivity index (χ0n) is 17.6. The summed E-state index contributed by atoms with van der Waals surface area (Å²) in [4.78, 5) is 10.2. The van der Waals surface area contributed by atoms with Crippen LogP contribution in [0.5, 0.6) is 5.88 Å². The molecular formula is C19H33F3IN5O. The summed E-state index contributed by atoms with van der Waals surface area (Å²) in [5.74, 6) is 0.821. The first-order valence-electron chi connectivity index (χ1n) is 9.65. The minimum Gasteiger partial charge on any atom is -0.476 e. The fourth-order valence-electron chi connectivity index (χ4n) is 2.62. The topological polar surface area (TPSA) is 61.8 Å². The molecule has 0 saturated heterocycles. The van der Waals surface area contributed by atoms with Crippen LogP contribution in [0.2, 0.25) is 0 Å². The van der Waals surface area contributed by atoms with Crippen molar-refractivity contribution < 1.29 is 17.9 Å². The fourth-order valence-corrected chi connectivity index (χ4v) is 2.62. The smallest absolute Gasteiger partial charge is 0.417 e. The summed E-state index contributed by atoms with van der Waals surface area (Å²) in [6, 6.07) is 2.45. The maximum Gasteiger partial charge on any atom is 0.417 e. The molecule has 0 aliphatic rings. The van der Waals surface area contributed by atoms with E-state index < -0.39 is 11.7 Å². The van der Waals surface area contributed by atoms with Crippen LogP contribution < -0.4 is 15.4 Å². The molecule has 6 nitrogen and oxygen atoms in total. The third-order valence-electron chi connectivity index (χ3n) is 4.32. The molecule has 29 heavy (non-hydrogen) atoms. The first-order chi connectivity index (χ1) is 13.3. The van der Waals surface area contributed by atoms with Crippen molar-refractivity contribution in [2.45, 2.75) is 45.8 Å². The molecule has 0 bridgehead atoms. The third-order valence-corrected chi connectivity index (χ3v) is 4.32. The largest absolute Gasteiger partial charge is 0.476 e. The Morgan fingerprint density at radius 3 is 2.48 bits per heavy atom. The van der Waals surface area contributed by atoms with Gasteiger partial charge in [0.1, 0.15) is 6.61 Å². The molecule has 0 saturated carbocycles. The molecule has 0 aromatic carbocycles. The SMILES string of the molecule is CCN(CC)CCCC(C)NC(=NC)NCCOc1ccc(C(F)(F)F)cn1.I. The molecule has 0 aliphatic heterocycles. The predicted octanol–water partition coefficient (Wildman–Crippen LogP) is 3.77. The highest BCUT2D eigenvalue weighted by molar-refractivity contribution is 14.0. The molecule has 1 aromatic heterocycles. The Morgan fingerprint density at radius 2 is 1.97 bits per heavy atom. The predicted molar refractivity (Wildman–Crippen MR) is 121 cm³/mol. The van der Waals surface area contributed by atoms with Crippen molar-refractivity contribution in [1.29, 1.82) is 0 Å². The molecule has 1 aromatic rings. The minimum atomic E-state index is -4.40. The van der Waals surface area contributed by atoms with Gasteiger partial charge in [-0.25, -0.2) is 4.98 Å². The van der Waals surface area contributed by atoms with Crippen LogP contribution in [0.15, 0.2) is 23.3 Å². The average molecular weight is 531 g/mol. The summed E-state index contributed by atoms with van der Waals surface area (Å²) >= 11 is 0. The summed E-state index contributed by atoms with van der Waals surface area (Å²) < 4.78 is 42.9. The second-order valence-corrected chi connectivity index (χ2v) is 6.44. The van der Waals surface area contributed by atoms with E-state index in [1.165, 1.54) is 6.07 Å². The minimum absolute atomic E-state index is 0. The third kappa shape index (κ3) is 11.5. The lowest BCUT2D eigenvalue weighted by Crippen LogP contribution is -2.43. The highest BCUT2D eigenvalue weighted by atomic mass is 127. The van der Waals surface area contributed by atoms with E-state index in [-0.39, 0.29) is 42.5 Å². The second kappa shape index (κ2) is 14.6. The van der Waals surface area contributed by atoms with E-state index >= 15 is 0 Å². The van der Waals surface area contributed by atoms with E-state index in [2.05, 4.69) is 46.3 Å². The molecule has 0 amide bonds. The van der Waals surface area contributed by atoms with Crippen LogP contribution >= 0.6 is 24.0 Å². The summed E-state index contributed by atoms with van der Waals surface area (Å²) in [5.41, 5.74) is -0.794. The van der Waals surface area contributed by atoms with E-state index in [4.69, 9.17) is 4.74 Å². The number of nitrogens with zero attached hydrogens (tertiary/aromatic N) is 3. The van der Waals surface area contributed by atoms with Crippen molar-refractivity contribution in [3.05, 3.63) is 23.9 Å². The van der Waals surface area contributed by atoms with Gasteiger partial charge in [0.25, 0.3) is 0 Å². The Kier molecular flexibility index (Phi) is 14.0. The Labute approximate surface area is 188 Å². The van der Waals surface area contributed by atoms with Crippen LogP contribution in [-0.4, -0.2) is 61.7 Å². The van der Waals surface area contributed by atoms with Crippen LogP contribution in [0, 0.1) is 0 Å². The molecule has 0 aliphatic carbocycles. The van der Waals surface area contributed by atoms with Crippen LogP contribution in [-0.2, 0) is 6.18 Å². The molecule has 168 valence electrons. The maximum atomic E-state index is 12.5. The Bertz CT molecular complexity index is 580. The van der Waals surface area contributed by atoms with Gasteiger partial charge in [0, 0.05) is 25.4 Å². The quantitative estimate of drug-likeness (QED) is 0.197. The van der Waals surface area contributed by atoms with Crippen molar-refractivity contribution in [3.63, 3.8) is 0 Å². The lowest BCUT2D eigenvalue weighted by molar-refractivity contribution is -0.137. The highest BCUT2D eigenvalue weighted by Crippen LogP contribution is 2.29. The van der Waals surface area contributed by atoms with Gasteiger partial charge in [0.2, 0.25) is 5.88 Å². The van der Waals surface area contributed by atoms with Crippen molar-refractivity contribution in [2.75, 3.05) is 39.8 Å². The second-order valence-electron chi connectivity index (χ2n) is 6.44. The number of rotatable bonds is 11. The van der Waals surface area contributed by atoms with Gasteiger partial charge in [-0.15, -0.1) is 24.0 Å². The number of ether oxygens (including phenoxy) is 1. The number of guanidine groups is 1. The van der Waals surface area contributed by atoms with Gasteiger partial charge in [-0.1, -0.05) is 13.8 Å². The van der Waals surface area contributed by atoms with E-state index in [1.54, 1.807) is 7.05 Å². The van der Waals surface area contributed by atoms with Crippen molar-refractivity contribution in [1.82, 2.24) is 20.5 Å². The van der Waals surface area contributed by atoms with Crippen molar-refractivity contribution in [2.24, 2.45) is 4.99 Å². The Morgan fingerprint density at radius 1 is 1.28 bits per heavy atom.